The van der Waals surface area contributed by atoms with E-state index in [1.165, 1.54) is 6.07 Å². The van der Waals surface area contributed by atoms with Gasteiger partial charge in [0.1, 0.15) is 5.82 Å². The Kier molecular flexibility index (Phi) is 3.94. The summed E-state index contributed by atoms with van der Waals surface area (Å²) in [7, 11) is 0. The van der Waals surface area contributed by atoms with Crippen molar-refractivity contribution in [2.45, 2.75) is 19.4 Å². The molecule has 3 rings (SSSR count). The standard InChI is InChI=1S/C16H19FN2O/c17-15-6-5-13(16-14(15)4-1-7-18-16)10-19-8-2-3-12(9-19)11-20/h1,4-7,12,20H,2-3,8-11H2. The first-order chi connectivity index (χ1) is 9.78. The molecule has 20 heavy (non-hydrogen) atoms. The number of aromatic nitrogens is 1. The first-order valence-corrected chi connectivity index (χ1v) is 7.13. The molecule has 0 radical (unpaired) electrons. The van der Waals surface area contributed by atoms with Gasteiger partial charge in [-0.1, -0.05) is 6.07 Å². The van der Waals surface area contributed by atoms with Crippen molar-refractivity contribution in [3.63, 3.8) is 0 Å². The van der Waals surface area contributed by atoms with E-state index in [2.05, 4.69) is 9.88 Å². The summed E-state index contributed by atoms with van der Waals surface area (Å²) < 4.78 is 13.8. The number of aliphatic hydroxyl groups is 1. The summed E-state index contributed by atoms with van der Waals surface area (Å²) in [4.78, 5) is 6.66. The average molecular weight is 274 g/mol. The van der Waals surface area contributed by atoms with Crippen LogP contribution in [-0.2, 0) is 6.54 Å². The molecule has 0 saturated carbocycles. The molecule has 0 spiro atoms. The lowest BCUT2D eigenvalue weighted by Crippen LogP contribution is -2.36. The summed E-state index contributed by atoms with van der Waals surface area (Å²) in [6, 6.07) is 6.88. The third-order valence-corrected chi connectivity index (χ3v) is 4.06. The number of hydrogen-bond acceptors (Lipinski definition) is 3. The number of benzene rings is 1. The number of halogens is 1. The lowest BCUT2D eigenvalue weighted by molar-refractivity contribution is 0.116. The van der Waals surface area contributed by atoms with E-state index in [-0.39, 0.29) is 12.4 Å². The monoisotopic (exact) mass is 274 g/mol. The number of rotatable bonds is 3. The highest BCUT2D eigenvalue weighted by Crippen LogP contribution is 2.23. The van der Waals surface area contributed by atoms with Crippen LogP contribution < -0.4 is 0 Å². The summed E-state index contributed by atoms with van der Waals surface area (Å²) >= 11 is 0. The molecule has 1 fully saturated rings. The van der Waals surface area contributed by atoms with Crippen LogP contribution in [0.15, 0.2) is 30.5 Å². The van der Waals surface area contributed by atoms with Crippen LogP contribution in [0.1, 0.15) is 18.4 Å². The molecule has 106 valence electrons. The Morgan fingerprint density at radius 3 is 3.10 bits per heavy atom. The number of piperidine rings is 1. The summed E-state index contributed by atoms with van der Waals surface area (Å²) in [5.41, 5.74) is 1.80. The van der Waals surface area contributed by atoms with Gasteiger partial charge >= 0.3 is 0 Å². The van der Waals surface area contributed by atoms with Crippen molar-refractivity contribution in [2.24, 2.45) is 5.92 Å². The van der Waals surface area contributed by atoms with Crippen LogP contribution in [0, 0.1) is 11.7 Å². The number of aliphatic hydroxyl groups excluding tert-OH is 1. The average Bonchev–Trinajstić information content (AvgIpc) is 2.51. The molecular formula is C16H19FN2O. The van der Waals surface area contributed by atoms with Gasteiger partial charge in [0.15, 0.2) is 0 Å². The first kappa shape index (κ1) is 13.5. The molecule has 1 aliphatic heterocycles. The lowest BCUT2D eigenvalue weighted by Gasteiger charge is -2.31. The second-order valence-electron chi connectivity index (χ2n) is 5.53. The summed E-state index contributed by atoms with van der Waals surface area (Å²) in [6.07, 6.45) is 3.91. The van der Waals surface area contributed by atoms with E-state index in [1.54, 1.807) is 18.3 Å². The Morgan fingerprint density at radius 2 is 2.25 bits per heavy atom. The molecular weight excluding hydrogens is 255 g/mol. The van der Waals surface area contributed by atoms with Crippen LogP contribution >= 0.6 is 0 Å². The van der Waals surface area contributed by atoms with Crippen LogP contribution in [0.25, 0.3) is 10.9 Å². The van der Waals surface area contributed by atoms with Crippen LogP contribution in [0.4, 0.5) is 4.39 Å². The molecule has 1 N–H and O–H groups in total. The van der Waals surface area contributed by atoms with E-state index in [0.29, 0.717) is 11.3 Å². The van der Waals surface area contributed by atoms with E-state index in [0.717, 1.165) is 43.6 Å². The van der Waals surface area contributed by atoms with E-state index >= 15 is 0 Å². The molecule has 1 atom stereocenters. The first-order valence-electron chi connectivity index (χ1n) is 7.13. The Morgan fingerprint density at radius 1 is 1.35 bits per heavy atom. The molecule has 2 aromatic rings. The fourth-order valence-electron chi connectivity index (χ4n) is 3.01. The number of pyridine rings is 1. The SMILES string of the molecule is OCC1CCCN(Cc2ccc(F)c3cccnc23)C1. The molecule has 4 heteroatoms. The molecule has 1 aromatic heterocycles. The predicted molar refractivity (Wildman–Crippen MR) is 76.8 cm³/mol. The number of nitrogens with zero attached hydrogens (tertiary/aromatic N) is 2. The van der Waals surface area contributed by atoms with Gasteiger partial charge in [-0.3, -0.25) is 9.88 Å². The van der Waals surface area contributed by atoms with Gasteiger partial charge in [0.25, 0.3) is 0 Å². The third kappa shape index (κ3) is 2.67. The van der Waals surface area contributed by atoms with E-state index in [1.807, 2.05) is 6.07 Å². The molecule has 1 unspecified atom stereocenters. The number of fused-ring (bicyclic) bond motifs is 1. The van der Waals surface area contributed by atoms with E-state index in [9.17, 15) is 9.50 Å². The third-order valence-electron chi connectivity index (χ3n) is 4.06. The summed E-state index contributed by atoms with van der Waals surface area (Å²) in [5.74, 6) is 0.146. The molecule has 1 aromatic carbocycles. The van der Waals surface area contributed by atoms with Gasteiger partial charge in [-0.05, 0) is 49.1 Å². The molecule has 1 aliphatic rings. The zero-order valence-corrected chi connectivity index (χ0v) is 11.4. The van der Waals surface area contributed by atoms with Crippen LogP contribution in [0.5, 0.6) is 0 Å². The smallest absolute Gasteiger partial charge is 0.132 e. The van der Waals surface area contributed by atoms with Crippen molar-refractivity contribution in [3.05, 3.63) is 41.8 Å². The quantitative estimate of drug-likeness (QED) is 0.934. The maximum atomic E-state index is 13.8. The van der Waals surface area contributed by atoms with Crippen LogP contribution in [0.2, 0.25) is 0 Å². The van der Waals surface area contributed by atoms with Gasteiger partial charge in [0, 0.05) is 31.3 Å². The van der Waals surface area contributed by atoms with Crippen LogP contribution in [-0.4, -0.2) is 34.7 Å². The van der Waals surface area contributed by atoms with Gasteiger partial charge in [-0.15, -0.1) is 0 Å². The van der Waals surface area contributed by atoms with Gasteiger partial charge < -0.3 is 5.11 Å². The van der Waals surface area contributed by atoms with Gasteiger partial charge in [0.05, 0.1) is 5.52 Å². The molecule has 1 saturated heterocycles. The maximum Gasteiger partial charge on any atom is 0.132 e. The zero-order valence-electron chi connectivity index (χ0n) is 11.4. The lowest BCUT2D eigenvalue weighted by atomic mass is 9.98. The minimum absolute atomic E-state index is 0.219. The largest absolute Gasteiger partial charge is 0.396 e. The predicted octanol–water partition coefficient (Wildman–Crippen LogP) is 2.58. The highest BCUT2D eigenvalue weighted by atomic mass is 19.1. The molecule has 3 nitrogen and oxygen atoms in total. The second kappa shape index (κ2) is 5.85. The summed E-state index contributed by atoms with van der Waals surface area (Å²) in [6.45, 7) is 2.95. The number of likely N-dealkylation sites (tertiary alicyclic amines) is 1. The second-order valence-corrected chi connectivity index (χ2v) is 5.53. The van der Waals surface area contributed by atoms with Crippen LogP contribution in [0.3, 0.4) is 0 Å². The van der Waals surface area contributed by atoms with E-state index in [4.69, 9.17) is 0 Å². The molecule has 0 aliphatic carbocycles. The Bertz CT molecular complexity index is 602. The van der Waals surface area contributed by atoms with Crippen molar-refractivity contribution in [1.82, 2.24) is 9.88 Å². The minimum atomic E-state index is -0.219. The Hall–Kier alpha value is -1.52. The van der Waals surface area contributed by atoms with Crippen molar-refractivity contribution in [2.75, 3.05) is 19.7 Å². The molecule has 2 heterocycles. The normalized spacial score (nSPS) is 20.4. The van der Waals surface area contributed by atoms with Gasteiger partial charge in [0.2, 0.25) is 0 Å². The van der Waals surface area contributed by atoms with Crippen molar-refractivity contribution in [3.8, 4) is 0 Å². The highest BCUT2D eigenvalue weighted by molar-refractivity contribution is 5.82. The highest BCUT2D eigenvalue weighted by Gasteiger charge is 2.20. The number of hydrogen-bond donors (Lipinski definition) is 1. The molecule has 0 bridgehead atoms. The van der Waals surface area contributed by atoms with Crippen molar-refractivity contribution >= 4 is 10.9 Å². The Balaban J connectivity index is 1.86. The van der Waals surface area contributed by atoms with Gasteiger partial charge in [-0.25, -0.2) is 4.39 Å². The summed E-state index contributed by atoms with van der Waals surface area (Å²) in [5, 5.41) is 9.88. The van der Waals surface area contributed by atoms with Gasteiger partial charge in [-0.2, -0.15) is 0 Å². The zero-order chi connectivity index (χ0) is 13.9. The topological polar surface area (TPSA) is 36.4 Å². The maximum absolute atomic E-state index is 13.8. The Labute approximate surface area is 118 Å². The fourth-order valence-corrected chi connectivity index (χ4v) is 3.01. The fraction of sp³-hybridized carbons (Fsp3) is 0.438. The van der Waals surface area contributed by atoms with E-state index < -0.39 is 0 Å². The molecule has 0 amide bonds. The van der Waals surface area contributed by atoms with Crippen molar-refractivity contribution < 1.29 is 9.50 Å². The minimum Gasteiger partial charge on any atom is -0.396 e. The van der Waals surface area contributed by atoms with Crippen molar-refractivity contribution in [1.29, 1.82) is 0 Å².